The first kappa shape index (κ1) is 39.4. The molecular weight excluding hydrogens is 520 g/mol. The molecule has 0 bridgehead atoms. The smallest absolute Gasteiger partial charge is 0.306 e. The van der Waals surface area contributed by atoms with E-state index in [9.17, 15) is 9.59 Å². The number of unbranched alkanes of at least 4 members (excludes halogenated alkanes) is 8. The lowest BCUT2D eigenvalue weighted by Crippen LogP contribution is -2.18. The van der Waals surface area contributed by atoms with Crippen LogP contribution in [0.3, 0.4) is 0 Å². The van der Waals surface area contributed by atoms with Crippen LogP contribution in [0.15, 0.2) is 72.9 Å². The minimum atomic E-state index is -0.758. The molecule has 0 saturated carbocycles. The van der Waals surface area contributed by atoms with Crippen molar-refractivity contribution >= 4 is 11.9 Å². The van der Waals surface area contributed by atoms with Crippen molar-refractivity contribution in [2.24, 2.45) is 0 Å². The van der Waals surface area contributed by atoms with Crippen LogP contribution in [0.25, 0.3) is 0 Å². The molecule has 4 nitrogen and oxygen atoms in total. The van der Waals surface area contributed by atoms with Crippen molar-refractivity contribution in [3.8, 4) is 0 Å². The Labute approximate surface area is 258 Å². The number of carbonyl (C=O) groups excluding carboxylic acids is 1. The van der Waals surface area contributed by atoms with Crippen LogP contribution in [0, 0.1) is 0 Å². The Hall–Kier alpha value is -2.62. The molecule has 4 heteroatoms. The zero-order valence-corrected chi connectivity index (χ0v) is 27.0. The van der Waals surface area contributed by atoms with Gasteiger partial charge in [-0.1, -0.05) is 119 Å². The molecule has 0 aromatic carbocycles. The number of allylic oxidation sites excluding steroid dienone is 12. The lowest BCUT2D eigenvalue weighted by Gasteiger charge is -2.18. The lowest BCUT2D eigenvalue weighted by molar-refractivity contribution is -0.150. The maximum Gasteiger partial charge on any atom is 0.306 e. The van der Waals surface area contributed by atoms with Gasteiger partial charge >= 0.3 is 11.9 Å². The largest absolute Gasteiger partial charge is 0.481 e. The molecular formula is C38H62O4. The van der Waals surface area contributed by atoms with E-state index in [1.165, 1.54) is 32.1 Å². The average molecular weight is 583 g/mol. The highest BCUT2D eigenvalue weighted by molar-refractivity contribution is 5.69. The summed E-state index contributed by atoms with van der Waals surface area (Å²) in [5, 5.41) is 8.86. The summed E-state index contributed by atoms with van der Waals surface area (Å²) in [5.74, 6) is -0.863. The van der Waals surface area contributed by atoms with Crippen molar-refractivity contribution in [3.05, 3.63) is 72.9 Å². The van der Waals surface area contributed by atoms with Crippen LogP contribution in [0.2, 0.25) is 0 Å². The van der Waals surface area contributed by atoms with Crippen LogP contribution in [0.5, 0.6) is 0 Å². The van der Waals surface area contributed by atoms with Gasteiger partial charge in [0.2, 0.25) is 0 Å². The molecule has 0 rings (SSSR count). The minimum absolute atomic E-state index is 0.0687. The van der Waals surface area contributed by atoms with Gasteiger partial charge in [0.1, 0.15) is 6.10 Å². The normalized spacial score (nSPS) is 13.2. The van der Waals surface area contributed by atoms with E-state index in [2.05, 4.69) is 86.8 Å². The monoisotopic (exact) mass is 582 g/mol. The molecule has 1 N–H and O–H groups in total. The fraction of sp³-hybridized carbons (Fsp3) is 0.632. The molecule has 1 unspecified atom stereocenters. The van der Waals surface area contributed by atoms with Crippen LogP contribution in [-0.2, 0) is 14.3 Å². The quantitative estimate of drug-likeness (QED) is 0.0541. The van der Waals surface area contributed by atoms with E-state index in [-0.39, 0.29) is 18.5 Å². The summed E-state index contributed by atoms with van der Waals surface area (Å²) in [7, 11) is 0. The Morgan fingerprint density at radius 3 is 1.52 bits per heavy atom. The summed E-state index contributed by atoms with van der Waals surface area (Å²) in [6.45, 7) is 4.37. The first-order valence-electron chi connectivity index (χ1n) is 16.9. The van der Waals surface area contributed by atoms with Gasteiger partial charge in [0, 0.05) is 12.8 Å². The van der Waals surface area contributed by atoms with E-state index in [1.54, 1.807) is 0 Å². The first-order chi connectivity index (χ1) is 20.6. The molecule has 0 heterocycles. The van der Waals surface area contributed by atoms with Gasteiger partial charge < -0.3 is 9.84 Å². The predicted octanol–water partition coefficient (Wildman–Crippen LogP) is 11.6. The van der Waals surface area contributed by atoms with Gasteiger partial charge in [-0.05, 0) is 89.9 Å². The van der Waals surface area contributed by atoms with Crippen LogP contribution in [0.4, 0.5) is 0 Å². The number of esters is 1. The van der Waals surface area contributed by atoms with Crippen LogP contribution in [0.1, 0.15) is 149 Å². The Bertz CT molecular complexity index is 800. The summed E-state index contributed by atoms with van der Waals surface area (Å²) in [6, 6.07) is 0. The first-order valence-corrected chi connectivity index (χ1v) is 16.9. The van der Waals surface area contributed by atoms with E-state index in [0.717, 1.165) is 83.5 Å². The summed E-state index contributed by atoms with van der Waals surface area (Å²) in [4.78, 5) is 23.2. The molecule has 0 aliphatic carbocycles. The number of hydrogen-bond donors (Lipinski definition) is 1. The van der Waals surface area contributed by atoms with Crippen LogP contribution in [-0.4, -0.2) is 23.1 Å². The fourth-order valence-corrected chi connectivity index (χ4v) is 4.48. The van der Waals surface area contributed by atoms with Crippen molar-refractivity contribution in [2.45, 2.75) is 155 Å². The van der Waals surface area contributed by atoms with Crippen molar-refractivity contribution in [1.29, 1.82) is 0 Å². The standard InChI is InChI=1S/C38H62O4/c1-3-5-7-9-11-12-13-14-15-16-17-18-19-20-21-22-23-24-25-27-29-35-38(41)42-36(33-30-31-34-37(39)40)32-28-26-10-8-6-4-2/h5,7,11-12,14-15,17-18,20-21,23-24,36H,3-4,6,8-10,13,16,19,22,25-35H2,1-2H3,(H,39,40)/b7-5-,12-11-,15-14-,18-17-,21-20-,24-23-. The SMILES string of the molecule is CC/C=C\C/C=C\C/C=C\C/C=C\C/C=C\C/C=C\CCCCC(=O)OC(CCCCCCCC)CCCCC(=O)O. The van der Waals surface area contributed by atoms with Gasteiger partial charge in [0.25, 0.3) is 0 Å². The molecule has 1 atom stereocenters. The van der Waals surface area contributed by atoms with E-state index >= 15 is 0 Å². The number of hydrogen-bond acceptors (Lipinski definition) is 3. The Morgan fingerprint density at radius 1 is 0.548 bits per heavy atom. The van der Waals surface area contributed by atoms with Gasteiger partial charge in [-0.3, -0.25) is 9.59 Å². The van der Waals surface area contributed by atoms with E-state index in [0.29, 0.717) is 12.8 Å². The number of carbonyl (C=O) groups is 2. The minimum Gasteiger partial charge on any atom is -0.481 e. The number of carboxylic acids is 1. The number of carboxylic acid groups (broad SMARTS) is 1. The molecule has 0 spiro atoms. The molecule has 0 fully saturated rings. The molecule has 0 aromatic rings. The molecule has 0 aliphatic heterocycles. The second-order valence-corrected chi connectivity index (χ2v) is 11.0. The van der Waals surface area contributed by atoms with Gasteiger partial charge in [-0.25, -0.2) is 0 Å². The van der Waals surface area contributed by atoms with Crippen LogP contribution >= 0.6 is 0 Å². The molecule has 0 amide bonds. The highest BCUT2D eigenvalue weighted by Crippen LogP contribution is 2.17. The molecule has 42 heavy (non-hydrogen) atoms. The highest BCUT2D eigenvalue weighted by atomic mass is 16.5. The third-order valence-electron chi connectivity index (χ3n) is 6.94. The third kappa shape index (κ3) is 31.9. The Morgan fingerprint density at radius 2 is 1.00 bits per heavy atom. The number of ether oxygens (including phenoxy) is 1. The molecule has 0 radical (unpaired) electrons. The van der Waals surface area contributed by atoms with Gasteiger partial charge in [0.15, 0.2) is 0 Å². The average Bonchev–Trinajstić information content (AvgIpc) is 2.97. The second-order valence-electron chi connectivity index (χ2n) is 11.0. The van der Waals surface area contributed by atoms with Gasteiger partial charge in [0.05, 0.1) is 0 Å². The maximum atomic E-state index is 12.4. The lowest BCUT2D eigenvalue weighted by atomic mass is 10.0. The second kappa shape index (κ2) is 32.9. The van der Waals surface area contributed by atoms with E-state index in [4.69, 9.17) is 9.84 Å². The molecule has 238 valence electrons. The topological polar surface area (TPSA) is 63.6 Å². The number of aliphatic carboxylic acids is 1. The van der Waals surface area contributed by atoms with Crippen molar-refractivity contribution < 1.29 is 19.4 Å². The Kier molecular flexibility index (Phi) is 30.8. The zero-order chi connectivity index (χ0) is 30.8. The molecule has 0 aliphatic rings. The zero-order valence-electron chi connectivity index (χ0n) is 27.0. The summed E-state index contributed by atoms with van der Waals surface area (Å²) < 4.78 is 5.80. The molecule has 0 aromatic heterocycles. The third-order valence-corrected chi connectivity index (χ3v) is 6.94. The summed E-state index contributed by atoms with van der Waals surface area (Å²) in [6.07, 6.45) is 46.3. The maximum absolute atomic E-state index is 12.4. The van der Waals surface area contributed by atoms with Crippen LogP contribution < -0.4 is 0 Å². The van der Waals surface area contributed by atoms with Gasteiger partial charge in [-0.2, -0.15) is 0 Å². The number of rotatable bonds is 29. The van der Waals surface area contributed by atoms with E-state index in [1.807, 2.05) is 0 Å². The molecule has 0 saturated heterocycles. The van der Waals surface area contributed by atoms with Crippen molar-refractivity contribution in [2.75, 3.05) is 0 Å². The Balaban J connectivity index is 3.95. The summed E-state index contributed by atoms with van der Waals surface area (Å²) >= 11 is 0. The fourth-order valence-electron chi connectivity index (χ4n) is 4.48. The van der Waals surface area contributed by atoms with Gasteiger partial charge in [-0.15, -0.1) is 0 Å². The summed E-state index contributed by atoms with van der Waals surface area (Å²) in [5.41, 5.74) is 0. The van der Waals surface area contributed by atoms with Crippen molar-refractivity contribution in [3.63, 3.8) is 0 Å². The van der Waals surface area contributed by atoms with Crippen molar-refractivity contribution in [1.82, 2.24) is 0 Å². The predicted molar refractivity (Wildman–Crippen MR) is 181 cm³/mol. The van der Waals surface area contributed by atoms with E-state index < -0.39 is 5.97 Å². The highest BCUT2D eigenvalue weighted by Gasteiger charge is 2.14.